The lowest BCUT2D eigenvalue weighted by Gasteiger charge is -2.11. The standard InChI is InChI=1S/C14H19NO3S/c1-17-11-6-8-13(9-7-11)19-10-14(16)15-18-12-4-2-3-5-12/h6-9,12H,2-5,10H2,1H3,(H,15,16). The van der Waals surface area contributed by atoms with Crippen LogP contribution in [-0.4, -0.2) is 24.9 Å². The summed E-state index contributed by atoms with van der Waals surface area (Å²) in [4.78, 5) is 18.0. The highest BCUT2D eigenvalue weighted by molar-refractivity contribution is 8.00. The van der Waals surface area contributed by atoms with E-state index in [0.717, 1.165) is 23.5 Å². The van der Waals surface area contributed by atoms with Gasteiger partial charge in [-0.3, -0.25) is 9.63 Å². The molecule has 1 aromatic rings. The number of hydroxylamine groups is 1. The fraction of sp³-hybridized carbons (Fsp3) is 0.500. The third-order valence-electron chi connectivity index (χ3n) is 3.07. The van der Waals surface area contributed by atoms with E-state index in [-0.39, 0.29) is 12.0 Å². The van der Waals surface area contributed by atoms with Crippen molar-refractivity contribution in [3.05, 3.63) is 24.3 Å². The molecule has 0 spiro atoms. The molecule has 1 aliphatic carbocycles. The topological polar surface area (TPSA) is 47.6 Å². The van der Waals surface area contributed by atoms with Crippen LogP contribution in [0.15, 0.2) is 29.2 Å². The van der Waals surface area contributed by atoms with E-state index in [9.17, 15) is 4.79 Å². The lowest BCUT2D eigenvalue weighted by atomic mass is 10.3. The lowest BCUT2D eigenvalue weighted by Crippen LogP contribution is -2.29. The molecule has 4 nitrogen and oxygen atoms in total. The Labute approximate surface area is 117 Å². The summed E-state index contributed by atoms with van der Waals surface area (Å²) < 4.78 is 5.08. The molecule has 1 amide bonds. The number of thioether (sulfide) groups is 1. The molecule has 1 aromatic carbocycles. The summed E-state index contributed by atoms with van der Waals surface area (Å²) in [5.74, 6) is 1.09. The number of amides is 1. The lowest BCUT2D eigenvalue weighted by molar-refractivity contribution is -0.135. The van der Waals surface area contributed by atoms with Crippen molar-refractivity contribution in [1.82, 2.24) is 5.48 Å². The van der Waals surface area contributed by atoms with Crippen LogP contribution in [0.5, 0.6) is 5.75 Å². The zero-order valence-corrected chi connectivity index (χ0v) is 11.9. The van der Waals surface area contributed by atoms with Gasteiger partial charge >= 0.3 is 0 Å². The fourth-order valence-corrected chi connectivity index (χ4v) is 2.69. The highest BCUT2D eigenvalue weighted by atomic mass is 32.2. The van der Waals surface area contributed by atoms with Crippen molar-refractivity contribution in [2.24, 2.45) is 0 Å². The van der Waals surface area contributed by atoms with Gasteiger partial charge in [0.25, 0.3) is 5.91 Å². The molecule has 104 valence electrons. The first-order valence-corrected chi connectivity index (χ1v) is 7.48. The Bertz CT molecular complexity index is 402. The largest absolute Gasteiger partial charge is 0.497 e. The van der Waals surface area contributed by atoms with E-state index in [1.54, 1.807) is 7.11 Å². The molecule has 1 N–H and O–H groups in total. The van der Waals surface area contributed by atoms with E-state index < -0.39 is 0 Å². The fourth-order valence-electron chi connectivity index (χ4n) is 2.01. The molecule has 0 aliphatic heterocycles. The second-order valence-electron chi connectivity index (χ2n) is 4.51. The molecule has 19 heavy (non-hydrogen) atoms. The zero-order chi connectivity index (χ0) is 13.5. The first-order valence-electron chi connectivity index (χ1n) is 6.49. The summed E-state index contributed by atoms with van der Waals surface area (Å²) in [5, 5.41) is 0. The minimum Gasteiger partial charge on any atom is -0.497 e. The Morgan fingerprint density at radius 2 is 2.00 bits per heavy atom. The number of ether oxygens (including phenoxy) is 1. The van der Waals surface area contributed by atoms with Crippen LogP contribution >= 0.6 is 11.8 Å². The summed E-state index contributed by atoms with van der Waals surface area (Å²) in [7, 11) is 1.63. The summed E-state index contributed by atoms with van der Waals surface area (Å²) >= 11 is 1.48. The molecule has 0 bridgehead atoms. The molecule has 1 aliphatic rings. The van der Waals surface area contributed by atoms with Crippen LogP contribution in [0.3, 0.4) is 0 Å². The maximum absolute atomic E-state index is 11.6. The van der Waals surface area contributed by atoms with Gasteiger partial charge in [-0.05, 0) is 37.1 Å². The first-order chi connectivity index (χ1) is 9.28. The Kier molecular flexibility index (Phi) is 5.54. The van der Waals surface area contributed by atoms with Crippen LogP contribution in [0, 0.1) is 0 Å². The Morgan fingerprint density at radius 1 is 1.32 bits per heavy atom. The highest BCUT2D eigenvalue weighted by Gasteiger charge is 2.16. The molecule has 2 rings (SSSR count). The maximum Gasteiger partial charge on any atom is 0.253 e. The molecule has 0 aromatic heterocycles. The highest BCUT2D eigenvalue weighted by Crippen LogP contribution is 2.22. The third kappa shape index (κ3) is 4.76. The summed E-state index contributed by atoms with van der Waals surface area (Å²) in [6.07, 6.45) is 4.69. The van der Waals surface area contributed by atoms with Crippen molar-refractivity contribution in [2.45, 2.75) is 36.7 Å². The molecule has 0 saturated heterocycles. The number of rotatable bonds is 6. The minimum absolute atomic E-state index is 0.0901. The van der Waals surface area contributed by atoms with Crippen molar-refractivity contribution in [2.75, 3.05) is 12.9 Å². The van der Waals surface area contributed by atoms with Gasteiger partial charge in [-0.15, -0.1) is 11.8 Å². The predicted octanol–water partition coefficient (Wildman–Crippen LogP) is 2.78. The van der Waals surface area contributed by atoms with Crippen molar-refractivity contribution < 1.29 is 14.4 Å². The molecule has 5 heteroatoms. The summed E-state index contributed by atoms with van der Waals surface area (Å²) in [6.45, 7) is 0. The summed E-state index contributed by atoms with van der Waals surface area (Å²) in [6, 6.07) is 7.65. The van der Waals surface area contributed by atoms with Gasteiger partial charge in [0.1, 0.15) is 5.75 Å². The van der Waals surface area contributed by atoms with Crippen molar-refractivity contribution >= 4 is 17.7 Å². The molecule has 0 radical (unpaired) electrons. The SMILES string of the molecule is COc1ccc(SCC(=O)NOC2CCCC2)cc1. The monoisotopic (exact) mass is 281 g/mol. The predicted molar refractivity (Wildman–Crippen MR) is 75.2 cm³/mol. The van der Waals surface area contributed by atoms with Crippen LogP contribution in [0.1, 0.15) is 25.7 Å². The van der Waals surface area contributed by atoms with Gasteiger partial charge in [0, 0.05) is 4.90 Å². The molecular formula is C14H19NO3S. The number of methoxy groups -OCH3 is 1. The van der Waals surface area contributed by atoms with E-state index in [0.29, 0.717) is 5.75 Å². The van der Waals surface area contributed by atoms with Gasteiger partial charge in [0.05, 0.1) is 19.0 Å². The van der Waals surface area contributed by atoms with Crippen molar-refractivity contribution in [3.8, 4) is 5.75 Å². The van der Waals surface area contributed by atoms with Gasteiger partial charge in [-0.25, -0.2) is 5.48 Å². The second kappa shape index (κ2) is 7.40. The van der Waals surface area contributed by atoms with Crippen molar-refractivity contribution in [1.29, 1.82) is 0 Å². The van der Waals surface area contributed by atoms with E-state index in [2.05, 4.69) is 5.48 Å². The van der Waals surface area contributed by atoms with Gasteiger partial charge in [-0.1, -0.05) is 12.8 Å². The van der Waals surface area contributed by atoms with Gasteiger partial charge in [-0.2, -0.15) is 0 Å². The molecular weight excluding hydrogens is 262 g/mol. The minimum atomic E-state index is -0.0901. The zero-order valence-electron chi connectivity index (χ0n) is 11.1. The third-order valence-corrected chi connectivity index (χ3v) is 4.08. The number of benzene rings is 1. The number of nitrogens with one attached hydrogen (secondary N) is 1. The van der Waals surface area contributed by atoms with Crippen LogP contribution in [-0.2, 0) is 9.63 Å². The molecule has 0 atom stereocenters. The van der Waals surface area contributed by atoms with E-state index in [4.69, 9.17) is 9.57 Å². The smallest absolute Gasteiger partial charge is 0.253 e. The quantitative estimate of drug-likeness (QED) is 0.643. The number of hydrogen-bond acceptors (Lipinski definition) is 4. The van der Waals surface area contributed by atoms with E-state index in [1.807, 2.05) is 24.3 Å². The first kappa shape index (κ1) is 14.2. The molecule has 1 fully saturated rings. The van der Waals surface area contributed by atoms with Crippen LogP contribution in [0.2, 0.25) is 0 Å². The van der Waals surface area contributed by atoms with Crippen molar-refractivity contribution in [3.63, 3.8) is 0 Å². The summed E-state index contributed by atoms with van der Waals surface area (Å²) in [5.41, 5.74) is 2.53. The average molecular weight is 281 g/mol. The van der Waals surface area contributed by atoms with Gasteiger partial charge < -0.3 is 4.74 Å². The van der Waals surface area contributed by atoms with E-state index in [1.165, 1.54) is 24.6 Å². The molecule has 1 saturated carbocycles. The number of hydrogen-bond donors (Lipinski definition) is 1. The average Bonchev–Trinajstić information content (AvgIpc) is 2.96. The Morgan fingerprint density at radius 3 is 2.63 bits per heavy atom. The van der Waals surface area contributed by atoms with E-state index >= 15 is 0 Å². The van der Waals surface area contributed by atoms with Crippen LogP contribution in [0.25, 0.3) is 0 Å². The Hall–Kier alpha value is -1.20. The maximum atomic E-state index is 11.6. The van der Waals surface area contributed by atoms with Gasteiger partial charge in [0.15, 0.2) is 0 Å². The molecule has 0 unspecified atom stereocenters. The second-order valence-corrected chi connectivity index (χ2v) is 5.56. The van der Waals surface area contributed by atoms with Crippen LogP contribution < -0.4 is 10.2 Å². The van der Waals surface area contributed by atoms with Crippen LogP contribution in [0.4, 0.5) is 0 Å². The Balaban J connectivity index is 1.67. The number of carbonyl (C=O) groups is 1. The number of carbonyl (C=O) groups excluding carboxylic acids is 1. The normalized spacial score (nSPS) is 15.4. The van der Waals surface area contributed by atoms with Gasteiger partial charge in [0.2, 0.25) is 0 Å². The molecule has 0 heterocycles.